The molecule has 1 aliphatic rings. The minimum atomic E-state index is -0.303. The smallest absolute Gasteiger partial charge is 0.270 e. The first-order chi connectivity index (χ1) is 19.0. The van der Waals surface area contributed by atoms with Crippen molar-refractivity contribution in [2.45, 2.75) is 19.0 Å². The van der Waals surface area contributed by atoms with Crippen LogP contribution < -0.4 is 11.1 Å². The average Bonchev–Trinajstić information content (AvgIpc) is 3.68. The fourth-order valence-corrected chi connectivity index (χ4v) is 5.20. The number of aryl methyl sites for hydroxylation is 1. The van der Waals surface area contributed by atoms with Gasteiger partial charge in [0.25, 0.3) is 11.8 Å². The molecule has 3 aromatic heterocycles. The van der Waals surface area contributed by atoms with Crippen LogP contribution in [-0.2, 0) is 13.6 Å². The molecule has 0 unspecified atom stereocenters. The number of hydrogen-bond acceptors (Lipinski definition) is 5. The van der Waals surface area contributed by atoms with Gasteiger partial charge in [0, 0.05) is 67.1 Å². The Morgan fingerprint density at radius 1 is 1.03 bits per heavy atom. The van der Waals surface area contributed by atoms with E-state index in [-0.39, 0.29) is 23.7 Å². The number of fused-ring (bicyclic) bond motifs is 1. The van der Waals surface area contributed by atoms with E-state index >= 15 is 0 Å². The largest absolute Gasteiger partial charge is 0.383 e. The van der Waals surface area contributed by atoms with Crippen molar-refractivity contribution in [3.63, 3.8) is 0 Å². The van der Waals surface area contributed by atoms with Gasteiger partial charge in [0.2, 0.25) is 0 Å². The number of anilines is 1. The Morgan fingerprint density at radius 3 is 2.62 bits per heavy atom. The Kier molecular flexibility index (Phi) is 6.32. The Hall–Kier alpha value is -4.92. The number of likely N-dealkylation sites (tertiary alicyclic amines) is 1. The van der Waals surface area contributed by atoms with E-state index in [0.717, 1.165) is 27.6 Å². The summed E-state index contributed by atoms with van der Waals surface area (Å²) in [5.41, 5.74) is 10.8. The number of nitrogens with two attached hydrogens (primary N) is 1. The summed E-state index contributed by atoms with van der Waals surface area (Å²) in [5.74, 6) is -0.182. The van der Waals surface area contributed by atoms with Crippen molar-refractivity contribution < 1.29 is 9.59 Å². The number of carbonyl (C=O) groups is 2. The lowest BCUT2D eigenvalue weighted by molar-refractivity contribution is 0.0774. The van der Waals surface area contributed by atoms with Gasteiger partial charge in [-0.1, -0.05) is 48.5 Å². The van der Waals surface area contributed by atoms with Crippen molar-refractivity contribution in [3.8, 4) is 11.1 Å². The van der Waals surface area contributed by atoms with E-state index < -0.39 is 0 Å². The van der Waals surface area contributed by atoms with Gasteiger partial charge in [0.05, 0.1) is 11.8 Å². The fraction of sp³-hybridized carbons (Fsp3) is 0.200. The van der Waals surface area contributed by atoms with Gasteiger partial charge in [0.15, 0.2) is 0 Å². The molecule has 0 spiro atoms. The molecule has 6 rings (SSSR count). The molecule has 9 nitrogen and oxygen atoms in total. The zero-order chi connectivity index (χ0) is 26.9. The van der Waals surface area contributed by atoms with E-state index in [0.29, 0.717) is 37.3 Å². The molecule has 3 N–H and O–H groups in total. The highest BCUT2D eigenvalue weighted by atomic mass is 16.2. The van der Waals surface area contributed by atoms with Gasteiger partial charge >= 0.3 is 0 Å². The van der Waals surface area contributed by atoms with Gasteiger partial charge in [-0.3, -0.25) is 14.3 Å². The van der Waals surface area contributed by atoms with Crippen LogP contribution >= 0.6 is 0 Å². The Labute approximate surface area is 225 Å². The second-order valence-corrected chi connectivity index (χ2v) is 9.93. The van der Waals surface area contributed by atoms with Gasteiger partial charge in [-0.05, 0) is 30.2 Å². The van der Waals surface area contributed by atoms with Gasteiger partial charge in [-0.2, -0.15) is 5.10 Å². The molecule has 9 heteroatoms. The molecule has 1 aliphatic heterocycles. The predicted octanol–water partition coefficient (Wildman–Crippen LogP) is 3.71. The van der Waals surface area contributed by atoms with Crippen molar-refractivity contribution in [3.05, 3.63) is 102 Å². The molecular weight excluding hydrogens is 490 g/mol. The molecule has 1 atom stereocenters. The van der Waals surface area contributed by atoms with E-state index in [4.69, 9.17) is 5.73 Å². The van der Waals surface area contributed by atoms with Gasteiger partial charge in [0.1, 0.15) is 11.5 Å². The predicted molar refractivity (Wildman–Crippen MR) is 150 cm³/mol. The molecular formula is C30H29N7O2. The van der Waals surface area contributed by atoms with Crippen LogP contribution in [0.15, 0.2) is 85.3 Å². The lowest BCUT2D eigenvalue weighted by atomic mass is 10.1. The number of nitrogen functional groups attached to an aromatic ring is 1. The van der Waals surface area contributed by atoms with Crippen LogP contribution in [0.4, 0.5) is 5.82 Å². The fourth-order valence-electron chi connectivity index (χ4n) is 5.20. The highest BCUT2D eigenvalue weighted by molar-refractivity contribution is 6.00. The van der Waals surface area contributed by atoms with E-state index in [2.05, 4.69) is 32.1 Å². The van der Waals surface area contributed by atoms with E-state index in [1.807, 2.05) is 66.7 Å². The van der Waals surface area contributed by atoms with Crippen LogP contribution in [0, 0.1) is 0 Å². The molecule has 0 saturated carbocycles. The Morgan fingerprint density at radius 2 is 1.82 bits per heavy atom. The first kappa shape index (κ1) is 24.4. The van der Waals surface area contributed by atoms with E-state index in [1.165, 1.54) is 0 Å². The standard InChI is InChI=1S/C30H29N7O2/c1-35-18-23(16-33-35)22-13-25(28(31)32-15-22)29(38)34-24-11-12-36(19-24)30(39)27-14-21-9-5-6-10-26(21)37(27)17-20-7-3-2-4-8-20/h2-10,13-16,18,24H,11-12,17,19H2,1H3,(H2,31,32)(H,34,38)/t24-/m1/s1. The lowest BCUT2D eigenvalue weighted by Gasteiger charge is -2.19. The molecule has 4 heterocycles. The quantitative estimate of drug-likeness (QED) is 0.355. The summed E-state index contributed by atoms with van der Waals surface area (Å²) < 4.78 is 3.77. The van der Waals surface area contributed by atoms with Crippen LogP contribution in [-0.4, -0.2) is 55.2 Å². The number of pyridine rings is 1. The number of hydrogen-bond donors (Lipinski definition) is 2. The molecule has 1 fully saturated rings. The zero-order valence-corrected chi connectivity index (χ0v) is 21.6. The molecule has 2 amide bonds. The van der Waals surface area contributed by atoms with Crippen LogP contribution in [0.5, 0.6) is 0 Å². The third kappa shape index (κ3) is 4.86. The van der Waals surface area contributed by atoms with E-state index in [9.17, 15) is 9.59 Å². The average molecular weight is 520 g/mol. The summed E-state index contributed by atoms with van der Waals surface area (Å²) in [6.07, 6.45) is 5.86. The Balaban J connectivity index is 1.19. The summed E-state index contributed by atoms with van der Waals surface area (Å²) in [6, 6.07) is 21.7. The number of nitrogens with one attached hydrogen (secondary N) is 1. The number of nitrogens with zero attached hydrogens (tertiary/aromatic N) is 5. The molecule has 5 aromatic rings. The zero-order valence-electron chi connectivity index (χ0n) is 21.6. The third-order valence-corrected chi connectivity index (χ3v) is 7.23. The summed E-state index contributed by atoms with van der Waals surface area (Å²) in [7, 11) is 1.83. The monoisotopic (exact) mass is 519 g/mol. The van der Waals surface area contributed by atoms with E-state index in [1.54, 1.807) is 23.1 Å². The summed E-state index contributed by atoms with van der Waals surface area (Å²) in [4.78, 5) is 32.9. The minimum absolute atomic E-state index is 0.0429. The second-order valence-electron chi connectivity index (χ2n) is 9.93. The maximum Gasteiger partial charge on any atom is 0.270 e. The third-order valence-electron chi connectivity index (χ3n) is 7.23. The van der Waals surface area contributed by atoms with Gasteiger partial charge in [-0.15, -0.1) is 0 Å². The van der Waals surface area contributed by atoms with Crippen molar-refractivity contribution in [2.75, 3.05) is 18.8 Å². The Bertz CT molecular complexity index is 1670. The van der Waals surface area contributed by atoms with Crippen molar-refractivity contribution >= 4 is 28.5 Å². The number of rotatable bonds is 6. The number of aromatic nitrogens is 4. The highest BCUT2D eigenvalue weighted by Gasteiger charge is 2.30. The summed E-state index contributed by atoms with van der Waals surface area (Å²) in [6.45, 7) is 1.58. The molecule has 196 valence electrons. The van der Waals surface area contributed by atoms with Gasteiger partial charge in [-0.25, -0.2) is 4.98 Å². The molecule has 0 radical (unpaired) electrons. The topological polar surface area (TPSA) is 111 Å². The number of amides is 2. The first-order valence-corrected chi connectivity index (χ1v) is 12.9. The summed E-state index contributed by atoms with van der Waals surface area (Å²) >= 11 is 0. The van der Waals surface area contributed by atoms with Crippen LogP contribution in [0.1, 0.15) is 32.8 Å². The maximum atomic E-state index is 13.7. The van der Waals surface area contributed by atoms with Crippen LogP contribution in [0.25, 0.3) is 22.0 Å². The number of benzene rings is 2. The molecule has 39 heavy (non-hydrogen) atoms. The van der Waals surface area contributed by atoms with Crippen molar-refractivity contribution in [2.24, 2.45) is 7.05 Å². The molecule has 1 saturated heterocycles. The van der Waals surface area contributed by atoms with Crippen molar-refractivity contribution in [1.29, 1.82) is 0 Å². The number of carbonyl (C=O) groups excluding carboxylic acids is 2. The lowest BCUT2D eigenvalue weighted by Crippen LogP contribution is -2.39. The molecule has 0 bridgehead atoms. The van der Waals surface area contributed by atoms with Crippen LogP contribution in [0.2, 0.25) is 0 Å². The SMILES string of the molecule is Cn1cc(-c2cnc(N)c(C(=O)N[C@@H]3CCN(C(=O)c4cc5ccccc5n4Cc4ccccc4)C3)c2)cn1. The molecule has 0 aliphatic carbocycles. The van der Waals surface area contributed by atoms with Gasteiger partial charge < -0.3 is 20.5 Å². The summed E-state index contributed by atoms with van der Waals surface area (Å²) in [5, 5.41) is 8.27. The second kappa shape index (κ2) is 10.1. The van der Waals surface area contributed by atoms with Crippen molar-refractivity contribution in [1.82, 2.24) is 29.5 Å². The van der Waals surface area contributed by atoms with Crippen LogP contribution in [0.3, 0.4) is 0 Å². The maximum absolute atomic E-state index is 13.7. The number of para-hydroxylation sites is 1. The normalized spacial score (nSPS) is 15.1. The highest BCUT2D eigenvalue weighted by Crippen LogP contribution is 2.25. The minimum Gasteiger partial charge on any atom is -0.383 e. The first-order valence-electron chi connectivity index (χ1n) is 12.9. The molecule has 2 aromatic carbocycles.